The summed E-state index contributed by atoms with van der Waals surface area (Å²) >= 11 is 3.42. The lowest BCUT2D eigenvalue weighted by Crippen LogP contribution is -2.06. The minimum atomic E-state index is -0.506. The molecule has 0 aliphatic rings. The second-order valence-electron chi connectivity index (χ2n) is 4.26. The van der Waals surface area contributed by atoms with E-state index in [1.54, 1.807) is 25.3 Å². The van der Waals surface area contributed by atoms with Crippen LogP contribution in [0.4, 0.5) is 0 Å². The second-order valence-corrected chi connectivity index (χ2v) is 5.12. The summed E-state index contributed by atoms with van der Waals surface area (Å²) < 4.78 is 15.8. The summed E-state index contributed by atoms with van der Waals surface area (Å²) in [5.74, 6) is -0.0983. The van der Waals surface area contributed by atoms with Crippen LogP contribution in [0.2, 0.25) is 0 Å². The van der Waals surface area contributed by atoms with Gasteiger partial charge in [-0.25, -0.2) is 4.79 Å². The summed E-state index contributed by atoms with van der Waals surface area (Å²) in [4.78, 5) is 23.0. The second kappa shape index (κ2) is 6.13. The number of fused-ring (bicyclic) bond motifs is 1. The van der Waals surface area contributed by atoms with Gasteiger partial charge < -0.3 is 14.2 Å². The lowest BCUT2D eigenvalue weighted by atomic mass is 10.1. The number of hydrogen-bond donors (Lipinski definition) is 0. The van der Waals surface area contributed by atoms with Crippen molar-refractivity contribution in [3.8, 4) is 11.5 Å². The fourth-order valence-corrected chi connectivity index (χ4v) is 2.51. The molecule has 0 aliphatic carbocycles. The summed E-state index contributed by atoms with van der Waals surface area (Å²) in [6, 6.07) is 6.64. The molecule has 0 saturated heterocycles. The number of benzene rings is 2. The zero-order valence-electron chi connectivity index (χ0n) is 11.7. The number of halogens is 1. The van der Waals surface area contributed by atoms with E-state index in [1.807, 2.05) is 0 Å². The fraction of sp³-hybridized carbons (Fsp3) is 0.200. The maximum atomic E-state index is 11.7. The van der Waals surface area contributed by atoms with Crippen molar-refractivity contribution in [3.63, 3.8) is 0 Å². The molecule has 0 aliphatic heterocycles. The zero-order valence-corrected chi connectivity index (χ0v) is 13.3. The van der Waals surface area contributed by atoms with E-state index in [-0.39, 0.29) is 5.75 Å². The highest BCUT2D eigenvalue weighted by Gasteiger charge is 2.15. The molecule has 0 fully saturated rings. The quantitative estimate of drug-likeness (QED) is 0.626. The molecule has 2 aromatic carbocycles. The summed E-state index contributed by atoms with van der Waals surface area (Å²) in [6.07, 6.45) is 0. The Morgan fingerprint density at radius 3 is 2.33 bits per heavy atom. The van der Waals surface area contributed by atoms with Gasteiger partial charge in [0.2, 0.25) is 0 Å². The highest BCUT2D eigenvalue weighted by atomic mass is 79.9. The Morgan fingerprint density at radius 1 is 1.05 bits per heavy atom. The van der Waals surface area contributed by atoms with Crippen LogP contribution in [0.25, 0.3) is 10.8 Å². The molecule has 0 heterocycles. The Bertz CT molecular complexity index is 724. The maximum absolute atomic E-state index is 11.7. The Morgan fingerprint density at radius 2 is 1.76 bits per heavy atom. The first-order valence-electron chi connectivity index (χ1n) is 6.04. The van der Waals surface area contributed by atoms with Gasteiger partial charge in [0.15, 0.2) is 0 Å². The van der Waals surface area contributed by atoms with Gasteiger partial charge in [-0.2, -0.15) is 0 Å². The van der Waals surface area contributed by atoms with Gasteiger partial charge in [-0.3, -0.25) is 4.79 Å². The Kier molecular flexibility index (Phi) is 4.47. The van der Waals surface area contributed by atoms with E-state index in [0.29, 0.717) is 16.7 Å². The molecule has 0 atom stereocenters. The predicted molar refractivity (Wildman–Crippen MR) is 80.8 cm³/mol. The molecule has 0 N–H and O–H groups in total. The number of rotatable bonds is 3. The van der Waals surface area contributed by atoms with Gasteiger partial charge in [0, 0.05) is 22.2 Å². The van der Waals surface area contributed by atoms with Gasteiger partial charge in [-0.1, -0.05) is 15.9 Å². The molecule has 21 heavy (non-hydrogen) atoms. The SMILES string of the molecule is COC(=O)c1cc(OC(C)=O)c2cc(OC)cc(Br)c2c1. The number of esters is 2. The van der Waals surface area contributed by atoms with Crippen LogP contribution in [0.5, 0.6) is 11.5 Å². The number of carbonyl (C=O) groups is 2. The van der Waals surface area contributed by atoms with Crippen molar-refractivity contribution >= 4 is 38.6 Å². The van der Waals surface area contributed by atoms with Crippen molar-refractivity contribution in [2.45, 2.75) is 6.92 Å². The molecule has 0 amide bonds. The highest BCUT2D eigenvalue weighted by molar-refractivity contribution is 9.10. The Hall–Kier alpha value is -2.08. The van der Waals surface area contributed by atoms with Crippen LogP contribution < -0.4 is 9.47 Å². The van der Waals surface area contributed by atoms with E-state index in [2.05, 4.69) is 15.9 Å². The third-order valence-electron chi connectivity index (χ3n) is 2.87. The highest BCUT2D eigenvalue weighted by Crippen LogP contribution is 2.36. The van der Waals surface area contributed by atoms with Gasteiger partial charge in [0.25, 0.3) is 0 Å². The first-order chi connectivity index (χ1) is 9.96. The standard InChI is InChI=1S/C15H13BrO5/c1-8(17)21-14-5-9(15(18)20-3)4-11-12(14)6-10(19-2)7-13(11)16/h4-7H,1-3H3. The van der Waals surface area contributed by atoms with Crippen LogP contribution in [0.1, 0.15) is 17.3 Å². The maximum Gasteiger partial charge on any atom is 0.338 e. The molecular weight excluding hydrogens is 340 g/mol. The van der Waals surface area contributed by atoms with E-state index >= 15 is 0 Å². The molecule has 5 nitrogen and oxygen atoms in total. The van der Waals surface area contributed by atoms with Crippen molar-refractivity contribution in [1.29, 1.82) is 0 Å². The Labute approximate surface area is 129 Å². The number of carbonyl (C=O) groups excluding carboxylic acids is 2. The first-order valence-corrected chi connectivity index (χ1v) is 6.83. The first kappa shape index (κ1) is 15.3. The number of ether oxygens (including phenoxy) is 3. The van der Waals surface area contributed by atoms with E-state index < -0.39 is 11.9 Å². The van der Waals surface area contributed by atoms with Gasteiger partial charge in [-0.15, -0.1) is 0 Å². The monoisotopic (exact) mass is 352 g/mol. The van der Waals surface area contributed by atoms with Crippen molar-refractivity contribution in [1.82, 2.24) is 0 Å². The van der Waals surface area contributed by atoms with Crippen LogP contribution in [0, 0.1) is 0 Å². The predicted octanol–water partition coefficient (Wildman–Crippen LogP) is 3.32. The van der Waals surface area contributed by atoms with E-state index in [0.717, 1.165) is 9.86 Å². The van der Waals surface area contributed by atoms with Crippen LogP contribution in [-0.2, 0) is 9.53 Å². The number of hydrogen-bond acceptors (Lipinski definition) is 5. The van der Waals surface area contributed by atoms with Crippen molar-refractivity contribution in [3.05, 3.63) is 34.3 Å². The average molecular weight is 353 g/mol. The molecule has 110 valence electrons. The summed E-state index contributed by atoms with van der Waals surface area (Å²) in [5, 5.41) is 1.37. The van der Waals surface area contributed by atoms with Crippen LogP contribution in [0.3, 0.4) is 0 Å². The molecule has 0 aromatic heterocycles. The molecule has 0 bridgehead atoms. The molecule has 0 spiro atoms. The van der Waals surface area contributed by atoms with Gasteiger partial charge >= 0.3 is 11.9 Å². The molecule has 2 rings (SSSR count). The van der Waals surface area contributed by atoms with Crippen molar-refractivity contribution in [2.24, 2.45) is 0 Å². The summed E-state index contributed by atoms with van der Waals surface area (Å²) in [7, 11) is 2.84. The smallest absolute Gasteiger partial charge is 0.338 e. The van der Waals surface area contributed by atoms with Crippen molar-refractivity contribution in [2.75, 3.05) is 14.2 Å². The van der Waals surface area contributed by atoms with Gasteiger partial charge in [0.1, 0.15) is 11.5 Å². The summed E-state index contributed by atoms with van der Waals surface area (Å²) in [6.45, 7) is 1.30. The minimum Gasteiger partial charge on any atom is -0.497 e. The van der Waals surface area contributed by atoms with Crippen LogP contribution >= 0.6 is 15.9 Å². The van der Waals surface area contributed by atoms with Crippen LogP contribution in [-0.4, -0.2) is 26.2 Å². The Balaban J connectivity index is 2.76. The summed E-state index contributed by atoms with van der Waals surface area (Å²) in [5.41, 5.74) is 0.298. The van der Waals surface area contributed by atoms with E-state index in [9.17, 15) is 9.59 Å². The lowest BCUT2D eigenvalue weighted by Gasteiger charge is -2.12. The van der Waals surface area contributed by atoms with Crippen LogP contribution in [0.15, 0.2) is 28.7 Å². The minimum absolute atomic E-state index is 0.278. The van der Waals surface area contributed by atoms with Gasteiger partial charge in [0.05, 0.1) is 19.8 Å². The normalized spacial score (nSPS) is 10.3. The van der Waals surface area contributed by atoms with E-state index in [4.69, 9.17) is 14.2 Å². The average Bonchev–Trinajstić information content (AvgIpc) is 2.46. The molecule has 0 unspecified atom stereocenters. The topological polar surface area (TPSA) is 61.8 Å². The lowest BCUT2D eigenvalue weighted by molar-refractivity contribution is -0.131. The van der Waals surface area contributed by atoms with Crippen molar-refractivity contribution < 1.29 is 23.8 Å². The van der Waals surface area contributed by atoms with E-state index in [1.165, 1.54) is 20.1 Å². The third kappa shape index (κ3) is 3.16. The number of methoxy groups -OCH3 is 2. The molecular formula is C15H13BrO5. The molecule has 2 aromatic rings. The molecule has 0 saturated carbocycles. The third-order valence-corrected chi connectivity index (χ3v) is 3.52. The fourth-order valence-electron chi connectivity index (χ4n) is 1.95. The molecule has 6 heteroatoms. The van der Waals surface area contributed by atoms with Gasteiger partial charge in [-0.05, 0) is 24.3 Å². The zero-order chi connectivity index (χ0) is 15.6. The molecule has 0 radical (unpaired) electrons. The largest absolute Gasteiger partial charge is 0.497 e.